The number of unbranched alkanes of at least 4 members (excludes halogenated alkanes) is 47. The third-order valence-electron chi connectivity index (χ3n) is 15.4. The second-order valence-electron chi connectivity index (χ2n) is 22.8. The first-order valence-electron chi connectivity index (χ1n) is 33.3. The molecule has 0 heterocycles. The molecule has 0 spiro atoms. The Hall–Kier alpha value is -1.92. The average Bonchev–Trinajstić information content (AvgIpc) is 3.40. The summed E-state index contributed by atoms with van der Waals surface area (Å²) in [4.78, 5) is 24.5. The molecule has 0 aliphatic rings. The lowest BCUT2D eigenvalue weighted by atomic mass is 10.0. The maximum Gasteiger partial charge on any atom is 0.305 e. The smallest absolute Gasteiger partial charge is 0.305 e. The van der Waals surface area contributed by atoms with E-state index >= 15 is 0 Å². The largest absolute Gasteiger partial charge is 0.466 e. The number of hydrogen-bond acceptors (Lipinski definition) is 5. The number of rotatable bonds is 62. The van der Waals surface area contributed by atoms with Crippen LogP contribution in [0.25, 0.3) is 0 Å². The van der Waals surface area contributed by atoms with Gasteiger partial charge in [0, 0.05) is 12.8 Å². The fraction of sp³-hybridized carbons (Fsp3) is 0.882. The minimum atomic E-state index is -0.846. The van der Waals surface area contributed by atoms with E-state index in [-0.39, 0.29) is 18.5 Å². The van der Waals surface area contributed by atoms with Gasteiger partial charge in [-0.3, -0.25) is 9.59 Å². The summed E-state index contributed by atoms with van der Waals surface area (Å²) in [5, 5.41) is 23.2. The van der Waals surface area contributed by atoms with Crippen molar-refractivity contribution in [2.45, 2.75) is 373 Å². The second kappa shape index (κ2) is 63.6. The van der Waals surface area contributed by atoms with Gasteiger partial charge in [-0.15, -0.1) is 0 Å². The van der Waals surface area contributed by atoms with E-state index in [9.17, 15) is 19.8 Å². The lowest BCUT2D eigenvalue weighted by Gasteiger charge is -2.20. The predicted molar refractivity (Wildman–Crippen MR) is 324 cm³/mol. The average molecular weight is 1040 g/mol. The molecule has 0 saturated carbocycles. The summed E-state index contributed by atoms with van der Waals surface area (Å²) in [5.74, 6) is -0.0621. The zero-order valence-electron chi connectivity index (χ0n) is 49.8. The van der Waals surface area contributed by atoms with Crippen molar-refractivity contribution >= 4 is 11.9 Å². The van der Waals surface area contributed by atoms with Gasteiger partial charge in [-0.05, 0) is 83.5 Å². The van der Waals surface area contributed by atoms with E-state index in [0.717, 1.165) is 44.9 Å². The van der Waals surface area contributed by atoms with Crippen LogP contribution in [-0.4, -0.2) is 47.4 Å². The third-order valence-corrected chi connectivity index (χ3v) is 15.4. The van der Waals surface area contributed by atoms with Crippen molar-refractivity contribution in [1.29, 1.82) is 0 Å². The molecule has 0 aromatic heterocycles. The summed E-state index contributed by atoms with van der Waals surface area (Å²) in [6, 6.07) is -0.630. The van der Waals surface area contributed by atoms with Crippen molar-refractivity contribution in [1.82, 2.24) is 5.32 Å². The first-order valence-corrected chi connectivity index (χ1v) is 33.3. The molecule has 0 aliphatic carbocycles. The highest BCUT2D eigenvalue weighted by Crippen LogP contribution is 2.17. The fourth-order valence-corrected chi connectivity index (χ4v) is 10.3. The molecule has 6 heteroatoms. The van der Waals surface area contributed by atoms with Gasteiger partial charge in [-0.25, -0.2) is 0 Å². The molecule has 0 fully saturated rings. The van der Waals surface area contributed by atoms with Crippen molar-refractivity contribution in [3.05, 3.63) is 36.5 Å². The van der Waals surface area contributed by atoms with Crippen molar-refractivity contribution in [2.75, 3.05) is 13.2 Å². The Morgan fingerprint density at radius 3 is 0.959 bits per heavy atom. The number of carbonyl (C=O) groups is 2. The molecule has 0 bridgehead atoms. The highest BCUT2D eigenvalue weighted by atomic mass is 16.5. The van der Waals surface area contributed by atoms with Gasteiger partial charge in [0.1, 0.15) is 0 Å². The standard InChI is InChI=1S/C68H129NO5/c1-3-5-7-9-11-13-15-17-19-30-33-36-40-44-48-52-56-60-66(71)65(64-70)69-67(72)61-57-53-49-45-41-37-34-31-28-26-24-22-20-21-23-25-27-29-32-35-39-43-47-51-55-59-63-74-68(73)62-58-54-50-46-42-38-18-16-14-12-10-8-6-4-2/h16,18,20,22,56,60,65-66,70-71H,3-15,17,19,21,23-55,57-59,61-64H2,1-2H3,(H,69,72)/b18-16-,22-20-,60-56+. The second-order valence-corrected chi connectivity index (χ2v) is 22.8. The molecule has 0 aromatic carbocycles. The Labute approximate surface area is 462 Å². The van der Waals surface area contributed by atoms with Gasteiger partial charge in [-0.2, -0.15) is 0 Å². The molecule has 0 saturated heterocycles. The Kier molecular flexibility index (Phi) is 62.0. The van der Waals surface area contributed by atoms with Crippen LogP contribution in [-0.2, 0) is 14.3 Å². The third kappa shape index (κ3) is 59.3. The Morgan fingerprint density at radius 1 is 0.365 bits per heavy atom. The van der Waals surface area contributed by atoms with Gasteiger partial charge in [0.25, 0.3) is 0 Å². The van der Waals surface area contributed by atoms with E-state index in [2.05, 4.69) is 43.5 Å². The van der Waals surface area contributed by atoms with Crippen LogP contribution in [0.1, 0.15) is 361 Å². The first-order chi connectivity index (χ1) is 36.5. The molecule has 0 radical (unpaired) electrons. The number of aliphatic hydroxyl groups excluding tert-OH is 2. The molecule has 2 unspecified atom stereocenters. The maximum absolute atomic E-state index is 12.5. The van der Waals surface area contributed by atoms with Crippen LogP contribution in [0.3, 0.4) is 0 Å². The summed E-state index contributed by atoms with van der Waals surface area (Å²) in [6.45, 7) is 4.91. The van der Waals surface area contributed by atoms with Gasteiger partial charge >= 0.3 is 5.97 Å². The van der Waals surface area contributed by atoms with E-state index in [1.165, 1.54) is 289 Å². The maximum atomic E-state index is 12.5. The molecule has 0 aliphatic heterocycles. The number of aliphatic hydroxyl groups is 2. The molecule has 3 N–H and O–H groups in total. The predicted octanol–water partition coefficient (Wildman–Crippen LogP) is 21.1. The quantitative estimate of drug-likeness (QED) is 0.0320. The molecule has 436 valence electrons. The number of esters is 1. The van der Waals surface area contributed by atoms with E-state index in [0.29, 0.717) is 19.4 Å². The molecule has 6 nitrogen and oxygen atoms in total. The highest BCUT2D eigenvalue weighted by molar-refractivity contribution is 5.76. The minimum absolute atomic E-state index is 0.00553. The van der Waals surface area contributed by atoms with Gasteiger partial charge in [0.05, 0.1) is 25.4 Å². The Bertz CT molecular complexity index is 1200. The van der Waals surface area contributed by atoms with E-state index in [1.807, 2.05) is 6.08 Å². The fourth-order valence-electron chi connectivity index (χ4n) is 10.3. The van der Waals surface area contributed by atoms with Crippen LogP contribution >= 0.6 is 0 Å². The highest BCUT2D eigenvalue weighted by Gasteiger charge is 2.18. The summed E-state index contributed by atoms with van der Waals surface area (Å²) < 4.78 is 5.48. The van der Waals surface area contributed by atoms with Crippen LogP contribution in [0.15, 0.2) is 36.5 Å². The van der Waals surface area contributed by atoms with E-state index in [4.69, 9.17) is 4.74 Å². The topological polar surface area (TPSA) is 95.9 Å². The zero-order valence-corrected chi connectivity index (χ0v) is 49.8. The monoisotopic (exact) mass is 1040 g/mol. The summed E-state index contributed by atoms with van der Waals surface area (Å²) in [7, 11) is 0. The lowest BCUT2D eigenvalue weighted by molar-refractivity contribution is -0.143. The van der Waals surface area contributed by atoms with Crippen LogP contribution < -0.4 is 5.32 Å². The number of hydrogen-bond donors (Lipinski definition) is 3. The Balaban J connectivity index is 3.41. The number of nitrogens with one attached hydrogen (secondary N) is 1. The van der Waals surface area contributed by atoms with Crippen LogP contribution in [0, 0.1) is 0 Å². The SMILES string of the molecule is CCCCCCC/C=C\CCCCCCCC(=O)OCCCCCCCCCCCCCC/C=C\CCCCCCCCCCCCC(=O)NC(CO)C(O)/C=C/CCCCCCCCCCCCCCCCC. The molecular weight excluding hydrogens is 911 g/mol. The number of amides is 1. The number of ether oxygens (including phenoxy) is 1. The van der Waals surface area contributed by atoms with Gasteiger partial charge < -0.3 is 20.3 Å². The minimum Gasteiger partial charge on any atom is -0.466 e. The molecule has 0 rings (SSSR count). The van der Waals surface area contributed by atoms with E-state index in [1.54, 1.807) is 6.08 Å². The van der Waals surface area contributed by atoms with Crippen molar-refractivity contribution in [3.63, 3.8) is 0 Å². The van der Waals surface area contributed by atoms with Crippen LogP contribution in [0.4, 0.5) is 0 Å². The summed E-state index contributed by atoms with van der Waals surface area (Å²) >= 11 is 0. The van der Waals surface area contributed by atoms with Crippen LogP contribution in [0.5, 0.6) is 0 Å². The van der Waals surface area contributed by atoms with E-state index < -0.39 is 12.1 Å². The zero-order chi connectivity index (χ0) is 53.6. The Morgan fingerprint density at radius 2 is 0.635 bits per heavy atom. The first kappa shape index (κ1) is 72.1. The molecule has 1 amide bonds. The number of carbonyl (C=O) groups excluding carboxylic acids is 2. The number of allylic oxidation sites excluding steroid dienone is 5. The van der Waals surface area contributed by atoms with Crippen molar-refractivity contribution < 1.29 is 24.5 Å². The lowest BCUT2D eigenvalue weighted by Crippen LogP contribution is -2.45. The molecule has 2 atom stereocenters. The molecule has 74 heavy (non-hydrogen) atoms. The summed E-state index contributed by atoms with van der Waals surface area (Å²) in [5.41, 5.74) is 0. The normalized spacial score (nSPS) is 12.8. The summed E-state index contributed by atoms with van der Waals surface area (Å²) in [6.07, 6.45) is 80.6. The van der Waals surface area contributed by atoms with Crippen LogP contribution in [0.2, 0.25) is 0 Å². The molecule has 0 aromatic rings. The molecular formula is C68H129NO5. The van der Waals surface area contributed by atoms with Gasteiger partial charge in [0.2, 0.25) is 5.91 Å². The van der Waals surface area contributed by atoms with Gasteiger partial charge in [-0.1, -0.05) is 301 Å². The van der Waals surface area contributed by atoms with Gasteiger partial charge in [0.15, 0.2) is 0 Å². The van der Waals surface area contributed by atoms with Crippen molar-refractivity contribution in [3.8, 4) is 0 Å². The van der Waals surface area contributed by atoms with Crippen molar-refractivity contribution in [2.24, 2.45) is 0 Å².